The molecule has 6 heteroatoms. The maximum absolute atomic E-state index is 13.2. The van der Waals surface area contributed by atoms with E-state index in [-0.39, 0.29) is 10.8 Å². The number of furan rings is 1. The molecule has 0 saturated heterocycles. The van der Waals surface area contributed by atoms with Crippen LogP contribution in [0.5, 0.6) is 0 Å². The van der Waals surface area contributed by atoms with E-state index in [1.165, 1.54) is 36.4 Å². The lowest BCUT2D eigenvalue weighted by atomic mass is 10.0. The van der Waals surface area contributed by atoms with Crippen molar-refractivity contribution in [1.82, 2.24) is 5.43 Å². The van der Waals surface area contributed by atoms with Gasteiger partial charge in [0.25, 0.3) is 0 Å². The molecular weight excluding hydrogens is 298 g/mol. The molecule has 1 atom stereocenters. The van der Waals surface area contributed by atoms with Crippen LogP contribution in [0.2, 0.25) is 5.02 Å². The number of rotatable bonds is 3. The van der Waals surface area contributed by atoms with Crippen molar-refractivity contribution in [1.29, 1.82) is 0 Å². The van der Waals surface area contributed by atoms with Gasteiger partial charge in [0.1, 0.15) is 29.0 Å². The molecule has 21 heavy (non-hydrogen) atoms. The highest BCUT2D eigenvalue weighted by Gasteiger charge is 2.20. The molecule has 0 radical (unpaired) electrons. The van der Waals surface area contributed by atoms with E-state index in [9.17, 15) is 8.78 Å². The van der Waals surface area contributed by atoms with Crippen LogP contribution in [0.25, 0.3) is 11.0 Å². The second-order valence-electron chi connectivity index (χ2n) is 4.60. The van der Waals surface area contributed by atoms with Gasteiger partial charge >= 0.3 is 0 Å². The zero-order valence-electron chi connectivity index (χ0n) is 10.7. The highest BCUT2D eigenvalue weighted by atomic mass is 35.5. The molecule has 3 aromatic rings. The summed E-state index contributed by atoms with van der Waals surface area (Å²) in [5.41, 5.74) is 3.68. The van der Waals surface area contributed by atoms with Gasteiger partial charge in [-0.2, -0.15) is 0 Å². The summed E-state index contributed by atoms with van der Waals surface area (Å²) in [6.45, 7) is 0. The quantitative estimate of drug-likeness (QED) is 0.569. The largest absolute Gasteiger partial charge is 0.459 e. The topological polar surface area (TPSA) is 51.2 Å². The number of hydrogen-bond acceptors (Lipinski definition) is 3. The van der Waals surface area contributed by atoms with Crippen molar-refractivity contribution < 1.29 is 13.2 Å². The first-order chi connectivity index (χ1) is 10.1. The summed E-state index contributed by atoms with van der Waals surface area (Å²) >= 11 is 6.04. The number of nitrogens with one attached hydrogen (secondary N) is 1. The van der Waals surface area contributed by atoms with Crippen molar-refractivity contribution in [2.24, 2.45) is 5.84 Å². The zero-order chi connectivity index (χ0) is 15.0. The molecule has 0 aliphatic heterocycles. The summed E-state index contributed by atoms with van der Waals surface area (Å²) in [5, 5.41) is 0.841. The molecule has 1 heterocycles. The summed E-state index contributed by atoms with van der Waals surface area (Å²) in [7, 11) is 0. The van der Waals surface area contributed by atoms with Crippen molar-refractivity contribution in [3.8, 4) is 0 Å². The van der Waals surface area contributed by atoms with E-state index in [1.54, 1.807) is 6.07 Å². The molecular formula is C15H11ClF2N2O. The van der Waals surface area contributed by atoms with Crippen LogP contribution in [-0.2, 0) is 0 Å². The first kappa shape index (κ1) is 14.0. The third-order valence-electron chi connectivity index (χ3n) is 3.22. The number of hydrogen-bond donors (Lipinski definition) is 2. The predicted octanol–water partition coefficient (Wildman–Crippen LogP) is 3.92. The second-order valence-corrected chi connectivity index (χ2v) is 5.00. The number of halogens is 3. The standard InChI is InChI=1S/C15H11ClF2N2O/c16-12-7-10(18)1-3-11(12)15(20-19)14-6-8-5-9(17)2-4-13(8)21-14/h1-7,15,20H,19H2. The van der Waals surface area contributed by atoms with Gasteiger partial charge in [0.05, 0.1) is 0 Å². The Labute approximate surface area is 124 Å². The number of benzene rings is 2. The van der Waals surface area contributed by atoms with E-state index in [2.05, 4.69) is 5.43 Å². The summed E-state index contributed by atoms with van der Waals surface area (Å²) < 4.78 is 32.0. The molecule has 3 N–H and O–H groups in total. The molecule has 0 aliphatic rings. The Morgan fingerprint density at radius 3 is 2.48 bits per heavy atom. The molecule has 2 aromatic carbocycles. The Hall–Kier alpha value is -1.95. The second kappa shape index (κ2) is 5.44. The normalized spacial score (nSPS) is 12.8. The van der Waals surface area contributed by atoms with E-state index in [4.69, 9.17) is 21.9 Å². The highest BCUT2D eigenvalue weighted by Crippen LogP contribution is 2.32. The molecule has 0 saturated carbocycles. The van der Waals surface area contributed by atoms with E-state index in [0.717, 1.165) is 0 Å². The van der Waals surface area contributed by atoms with E-state index in [1.807, 2.05) is 0 Å². The third kappa shape index (κ3) is 2.63. The molecule has 0 fully saturated rings. The van der Waals surface area contributed by atoms with Gasteiger partial charge in [-0.3, -0.25) is 5.84 Å². The molecule has 1 unspecified atom stereocenters. The van der Waals surface area contributed by atoms with Crippen LogP contribution in [0.15, 0.2) is 46.9 Å². The Morgan fingerprint density at radius 2 is 1.76 bits per heavy atom. The SMILES string of the molecule is NNC(c1cc2cc(F)ccc2o1)c1ccc(F)cc1Cl. The summed E-state index contributed by atoms with van der Waals surface area (Å²) in [5.74, 6) is 5.23. The van der Waals surface area contributed by atoms with Gasteiger partial charge in [-0.05, 0) is 42.0 Å². The van der Waals surface area contributed by atoms with Gasteiger partial charge < -0.3 is 4.42 Å². The first-order valence-corrected chi connectivity index (χ1v) is 6.56. The molecule has 1 aromatic heterocycles. The molecule has 0 bridgehead atoms. The maximum atomic E-state index is 13.2. The van der Waals surface area contributed by atoms with Gasteiger partial charge in [0.2, 0.25) is 0 Å². The van der Waals surface area contributed by atoms with E-state index >= 15 is 0 Å². The number of nitrogens with two attached hydrogens (primary N) is 1. The van der Waals surface area contributed by atoms with Gasteiger partial charge in [0.15, 0.2) is 0 Å². The highest BCUT2D eigenvalue weighted by molar-refractivity contribution is 6.31. The number of hydrazine groups is 1. The van der Waals surface area contributed by atoms with Crippen LogP contribution in [0.1, 0.15) is 17.4 Å². The summed E-state index contributed by atoms with van der Waals surface area (Å²) in [4.78, 5) is 0. The van der Waals surface area contributed by atoms with Gasteiger partial charge in [0, 0.05) is 10.4 Å². The lowest BCUT2D eigenvalue weighted by Crippen LogP contribution is -2.28. The fraction of sp³-hybridized carbons (Fsp3) is 0.0667. The Kier molecular flexibility index (Phi) is 3.63. The molecule has 0 aliphatic carbocycles. The molecule has 0 amide bonds. The van der Waals surface area contributed by atoms with Crippen LogP contribution in [-0.4, -0.2) is 0 Å². The lowest BCUT2D eigenvalue weighted by molar-refractivity contribution is 0.476. The van der Waals surface area contributed by atoms with E-state index < -0.39 is 11.9 Å². The van der Waals surface area contributed by atoms with Crippen LogP contribution in [0.4, 0.5) is 8.78 Å². The van der Waals surface area contributed by atoms with Crippen LogP contribution in [0, 0.1) is 11.6 Å². The Balaban J connectivity index is 2.09. The van der Waals surface area contributed by atoms with Crippen molar-refractivity contribution in [2.75, 3.05) is 0 Å². The third-order valence-corrected chi connectivity index (χ3v) is 3.55. The van der Waals surface area contributed by atoms with Crippen molar-refractivity contribution in [3.63, 3.8) is 0 Å². The van der Waals surface area contributed by atoms with Crippen LogP contribution >= 0.6 is 11.6 Å². The predicted molar refractivity (Wildman–Crippen MR) is 76.7 cm³/mol. The fourth-order valence-electron chi connectivity index (χ4n) is 2.24. The van der Waals surface area contributed by atoms with Gasteiger partial charge in [-0.25, -0.2) is 14.2 Å². The average Bonchev–Trinajstić information content (AvgIpc) is 2.84. The van der Waals surface area contributed by atoms with Crippen LogP contribution < -0.4 is 11.3 Å². The van der Waals surface area contributed by atoms with Gasteiger partial charge in [-0.1, -0.05) is 17.7 Å². The lowest BCUT2D eigenvalue weighted by Gasteiger charge is -2.15. The minimum atomic E-state index is -0.562. The van der Waals surface area contributed by atoms with Crippen molar-refractivity contribution in [3.05, 3.63) is 70.4 Å². The molecule has 0 spiro atoms. The number of fused-ring (bicyclic) bond motifs is 1. The monoisotopic (exact) mass is 308 g/mol. The molecule has 3 rings (SSSR count). The first-order valence-electron chi connectivity index (χ1n) is 6.18. The summed E-state index contributed by atoms with van der Waals surface area (Å²) in [6.07, 6.45) is 0. The van der Waals surface area contributed by atoms with Crippen molar-refractivity contribution >= 4 is 22.6 Å². The molecule has 3 nitrogen and oxygen atoms in total. The zero-order valence-corrected chi connectivity index (χ0v) is 11.5. The molecule has 108 valence electrons. The average molecular weight is 309 g/mol. The Bertz CT molecular complexity index is 803. The summed E-state index contributed by atoms with van der Waals surface area (Å²) in [6, 6.07) is 9.32. The van der Waals surface area contributed by atoms with Crippen molar-refractivity contribution in [2.45, 2.75) is 6.04 Å². The minimum absolute atomic E-state index is 0.226. The fourth-order valence-corrected chi connectivity index (χ4v) is 2.51. The maximum Gasteiger partial charge on any atom is 0.134 e. The smallest absolute Gasteiger partial charge is 0.134 e. The Morgan fingerprint density at radius 1 is 1.05 bits per heavy atom. The van der Waals surface area contributed by atoms with Gasteiger partial charge in [-0.15, -0.1) is 0 Å². The minimum Gasteiger partial charge on any atom is -0.459 e. The van der Waals surface area contributed by atoms with Crippen LogP contribution in [0.3, 0.4) is 0 Å². The van der Waals surface area contributed by atoms with E-state index in [0.29, 0.717) is 22.3 Å².